The number of nitrogens with zero attached hydrogens (tertiary/aromatic N) is 1. The first kappa shape index (κ1) is 25.4. The van der Waals surface area contributed by atoms with Crippen molar-refractivity contribution in [2.75, 3.05) is 19.0 Å². The lowest BCUT2D eigenvalue weighted by atomic mass is 9.71. The van der Waals surface area contributed by atoms with Gasteiger partial charge >= 0.3 is 0 Å². The zero-order valence-corrected chi connectivity index (χ0v) is 21.8. The van der Waals surface area contributed by atoms with Crippen LogP contribution in [0, 0.1) is 11.8 Å². The number of ketones is 3. The Bertz CT molecular complexity index is 1480. The molecule has 1 aliphatic rings. The smallest absolute Gasteiger partial charge is 0.174 e. The molecule has 0 amide bonds. The van der Waals surface area contributed by atoms with Gasteiger partial charge in [-0.25, -0.2) is 0 Å². The molecule has 0 fully saturated rings. The van der Waals surface area contributed by atoms with E-state index in [1.54, 1.807) is 78.9 Å². The molecule has 3 unspecified atom stereocenters. The quantitative estimate of drug-likeness (QED) is 0.199. The molecule has 0 spiro atoms. The fourth-order valence-electron chi connectivity index (χ4n) is 4.88. The molecule has 1 heterocycles. The van der Waals surface area contributed by atoms with Gasteiger partial charge in [0.2, 0.25) is 0 Å². The Hall–Kier alpha value is -4.22. The number of carbonyl (C=O) groups is 3. The van der Waals surface area contributed by atoms with Crippen LogP contribution in [0.25, 0.3) is 0 Å². The second-order valence-electron chi connectivity index (χ2n) is 9.49. The highest BCUT2D eigenvalue weighted by atomic mass is 35.5. The van der Waals surface area contributed by atoms with Crippen LogP contribution in [0.15, 0.2) is 103 Å². The summed E-state index contributed by atoms with van der Waals surface area (Å²) in [7, 11) is 3.88. The number of carbonyl (C=O) groups excluding carboxylic acids is 3. The SMILES string of the molecule is CN(C)c1ccc(C2Oc3ccccc3C(=O)C2C(C(=O)c2ccccc2)C(=O)c2ccc(Cl)cc2)cc1. The van der Waals surface area contributed by atoms with Gasteiger partial charge in [0.1, 0.15) is 11.9 Å². The number of hydrogen-bond donors (Lipinski definition) is 0. The van der Waals surface area contributed by atoms with Crippen molar-refractivity contribution in [1.82, 2.24) is 0 Å². The van der Waals surface area contributed by atoms with Gasteiger partial charge in [-0.15, -0.1) is 0 Å². The molecule has 190 valence electrons. The van der Waals surface area contributed by atoms with Gasteiger partial charge in [0.25, 0.3) is 0 Å². The van der Waals surface area contributed by atoms with Gasteiger partial charge in [-0.3, -0.25) is 14.4 Å². The Balaban J connectivity index is 1.68. The highest BCUT2D eigenvalue weighted by molar-refractivity contribution is 6.30. The van der Waals surface area contributed by atoms with E-state index in [0.717, 1.165) is 5.69 Å². The van der Waals surface area contributed by atoms with Gasteiger partial charge in [-0.1, -0.05) is 66.2 Å². The third kappa shape index (κ3) is 4.85. The summed E-state index contributed by atoms with van der Waals surface area (Å²) in [5.41, 5.74) is 2.69. The molecule has 0 saturated carbocycles. The minimum absolute atomic E-state index is 0.301. The second kappa shape index (κ2) is 10.6. The zero-order valence-electron chi connectivity index (χ0n) is 21.0. The largest absolute Gasteiger partial charge is 0.484 e. The van der Waals surface area contributed by atoms with Crippen molar-refractivity contribution in [1.29, 1.82) is 0 Å². The van der Waals surface area contributed by atoms with Crippen LogP contribution in [0.3, 0.4) is 0 Å². The Morgan fingerprint density at radius 2 is 1.34 bits per heavy atom. The van der Waals surface area contributed by atoms with Gasteiger partial charge in [0, 0.05) is 35.9 Å². The normalized spacial score (nSPS) is 17.2. The van der Waals surface area contributed by atoms with Crippen LogP contribution < -0.4 is 9.64 Å². The van der Waals surface area contributed by atoms with Gasteiger partial charge in [0.15, 0.2) is 17.3 Å². The summed E-state index contributed by atoms with van der Waals surface area (Å²) in [5.74, 6) is -3.14. The average Bonchev–Trinajstić information content (AvgIpc) is 2.95. The van der Waals surface area contributed by atoms with Crippen molar-refractivity contribution >= 4 is 34.6 Å². The van der Waals surface area contributed by atoms with Crippen molar-refractivity contribution in [3.8, 4) is 5.75 Å². The van der Waals surface area contributed by atoms with Crippen LogP contribution in [-0.2, 0) is 0 Å². The number of para-hydroxylation sites is 1. The topological polar surface area (TPSA) is 63.7 Å². The van der Waals surface area contributed by atoms with Crippen LogP contribution in [0.5, 0.6) is 5.75 Å². The van der Waals surface area contributed by atoms with Crippen molar-refractivity contribution in [3.63, 3.8) is 0 Å². The summed E-state index contributed by atoms with van der Waals surface area (Å²) in [6.45, 7) is 0. The lowest BCUT2D eigenvalue weighted by Gasteiger charge is -2.36. The van der Waals surface area contributed by atoms with E-state index in [9.17, 15) is 14.4 Å². The number of fused-ring (bicyclic) bond motifs is 1. The molecule has 3 atom stereocenters. The van der Waals surface area contributed by atoms with Gasteiger partial charge in [0.05, 0.1) is 17.4 Å². The van der Waals surface area contributed by atoms with Crippen molar-refractivity contribution in [2.24, 2.45) is 11.8 Å². The highest BCUT2D eigenvalue weighted by Gasteiger charge is 2.49. The third-order valence-electron chi connectivity index (χ3n) is 6.88. The minimum Gasteiger partial charge on any atom is -0.484 e. The Morgan fingerprint density at radius 3 is 1.97 bits per heavy atom. The summed E-state index contributed by atoms with van der Waals surface area (Å²) in [6.07, 6.45) is -0.845. The van der Waals surface area contributed by atoms with Crippen molar-refractivity contribution < 1.29 is 19.1 Å². The first-order valence-corrected chi connectivity index (χ1v) is 12.7. The van der Waals surface area contributed by atoms with E-state index in [1.807, 2.05) is 43.3 Å². The van der Waals surface area contributed by atoms with E-state index in [2.05, 4.69) is 0 Å². The van der Waals surface area contributed by atoms with Crippen LogP contribution in [0.2, 0.25) is 5.02 Å². The van der Waals surface area contributed by atoms with E-state index < -0.39 is 29.5 Å². The van der Waals surface area contributed by atoms with Crippen molar-refractivity contribution in [2.45, 2.75) is 6.10 Å². The van der Waals surface area contributed by atoms with Gasteiger partial charge < -0.3 is 9.64 Å². The van der Waals surface area contributed by atoms with Crippen molar-refractivity contribution in [3.05, 3.63) is 130 Å². The number of hydrogen-bond acceptors (Lipinski definition) is 5. The molecule has 4 aromatic carbocycles. The standard InChI is InChI=1S/C32H26ClNO4/c1-34(2)24-18-14-22(15-19-24)32-28(31(37)25-10-6-7-11-26(25)38-32)27(29(35)20-8-4-3-5-9-20)30(36)21-12-16-23(33)17-13-21/h3-19,27-28,32H,1-2H3. The maximum atomic E-state index is 14.1. The molecule has 4 aromatic rings. The number of halogens is 1. The summed E-state index contributed by atoms with van der Waals surface area (Å²) >= 11 is 6.06. The Morgan fingerprint density at radius 1 is 0.763 bits per heavy atom. The number of anilines is 1. The number of ether oxygens (including phenoxy) is 1. The molecule has 0 aliphatic carbocycles. The monoisotopic (exact) mass is 523 g/mol. The second-order valence-corrected chi connectivity index (χ2v) is 9.93. The van der Waals surface area contributed by atoms with E-state index in [0.29, 0.717) is 33.0 Å². The molecule has 0 saturated heterocycles. The molecule has 6 heteroatoms. The lowest BCUT2D eigenvalue weighted by Crippen LogP contribution is -2.43. The number of rotatable bonds is 7. The maximum Gasteiger partial charge on any atom is 0.174 e. The Kier molecular flexibility index (Phi) is 7.12. The molecule has 5 rings (SSSR count). The first-order valence-electron chi connectivity index (χ1n) is 12.3. The molecular formula is C32H26ClNO4. The number of benzene rings is 4. The molecule has 38 heavy (non-hydrogen) atoms. The summed E-state index contributed by atoms with van der Waals surface area (Å²) in [6, 6.07) is 29.5. The average molecular weight is 524 g/mol. The van der Waals surface area contributed by atoms with Crippen LogP contribution in [-0.4, -0.2) is 31.4 Å². The van der Waals surface area contributed by atoms with E-state index in [-0.39, 0.29) is 5.78 Å². The molecule has 1 aliphatic heterocycles. The fourth-order valence-corrected chi connectivity index (χ4v) is 5.01. The predicted molar refractivity (Wildman–Crippen MR) is 148 cm³/mol. The zero-order chi connectivity index (χ0) is 26.8. The molecule has 0 aromatic heterocycles. The lowest BCUT2D eigenvalue weighted by molar-refractivity contribution is 0.0428. The van der Waals surface area contributed by atoms with Gasteiger partial charge in [-0.2, -0.15) is 0 Å². The molecule has 5 nitrogen and oxygen atoms in total. The number of Topliss-reactive ketones (excluding diaryl/α,β-unsaturated/α-hetero) is 3. The first-order chi connectivity index (χ1) is 18.3. The molecular weight excluding hydrogens is 498 g/mol. The van der Waals surface area contributed by atoms with Gasteiger partial charge in [-0.05, 0) is 54.1 Å². The van der Waals surface area contributed by atoms with Crippen LogP contribution in [0.4, 0.5) is 5.69 Å². The summed E-state index contributed by atoms with van der Waals surface area (Å²) < 4.78 is 6.41. The molecule has 0 N–H and O–H groups in total. The van der Waals surface area contributed by atoms with Crippen LogP contribution in [0.1, 0.15) is 42.7 Å². The Labute approximate surface area is 226 Å². The fraction of sp³-hybridized carbons (Fsp3) is 0.156. The van der Waals surface area contributed by atoms with Crippen LogP contribution >= 0.6 is 11.6 Å². The summed E-state index contributed by atoms with van der Waals surface area (Å²) in [5, 5.41) is 0.470. The molecule has 0 radical (unpaired) electrons. The third-order valence-corrected chi connectivity index (χ3v) is 7.14. The van der Waals surface area contributed by atoms with E-state index >= 15 is 0 Å². The highest BCUT2D eigenvalue weighted by Crippen LogP contribution is 2.44. The maximum absolute atomic E-state index is 14.1. The van der Waals surface area contributed by atoms with E-state index in [4.69, 9.17) is 16.3 Å². The summed E-state index contributed by atoms with van der Waals surface area (Å²) in [4.78, 5) is 44.2. The minimum atomic E-state index is -1.31. The molecule has 0 bridgehead atoms. The van der Waals surface area contributed by atoms with E-state index in [1.165, 1.54) is 0 Å². The predicted octanol–water partition coefficient (Wildman–Crippen LogP) is 6.72.